The van der Waals surface area contributed by atoms with Gasteiger partial charge in [-0.15, -0.1) is 0 Å². The molecule has 0 spiro atoms. The lowest BCUT2D eigenvalue weighted by molar-refractivity contribution is -0.128. The molecule has 1 saturated carbocycles. The molecule has 0 radical (unpaired) electrons. The maximum absolute atomic E-state index is 12.8. The van der Waals surface area contributed by atoms with Crippen LogP contribution in [0, 0.1) is 0 Å². The number of rotatable bonds is 4. The van der Waals surface area contributed by atoms with E-state index in [9.17, 15) is 4.79 Å². The van der Waals surface area contributed by atoms with Gasteiger partial charge in [-0.3, -0.25) is 9.69 Å². The van der Waals surface area contributed by atoms with Crippen molar-refractivity contribution in [3.63, 3.8) is 0 Å². The van der Waals surface area contributed by atoms with Crippen molar-refractivity contribution in [1.82, 2.24) is 10.2 Å². The van der Waals surface area contributed by atoms with E-state index in [1.54, 1.807) is 6.07 Å². The highest BCUT2D eigenvalue weighted by Gasteiger charge is 2.40. The number of morpholine rings is 1. The largest absolute Gasteiger partial charge is 0.480 e. The van der Waals surface area contributed by atoms with E-state index >= 15 is 0 Å². The number of nitrogens with one attached hydrogen (secondary N) is 1. The Labute approximate surface area is 160 Å². The third kappa shape index (κ3) is 3.71. The van der Waals surface area contributed by atoms with E-state index in [1.165, 1.54) is 19.3 Å². The zero-order valence-corrected chi connectivity index (χ0v) is 15.9. The van der Waals surface area contributed by atoms with Crippen LogP contribution >= 0.6 is 11.6 Å². The van der Waals surface area contributed by atoms with Crippen LogP contribution in [0.4, 0.5) is 0 Å². The summed E-state index contributed by atoms with van der Waals surface area (Å²) in [6, 6.07) is 5.54. The zero-order chi connectivity index (χ0) is 18.0. The number of fused-ring (bicyclic) bond motifs is 1. The molecule has 3 aliphatic rings. The van der Waals surface area contributed by atoms with Gasteiger partial charge in [0.05, 0.1) is 13.2 Å². The van der Waals surface area contributed by atoms with Crippen LogP contribution in [0.1, 0.15) is 37.7 Å². The van der Waals surface area contributed by atoms with Crippen molar-refractivity contribution >= 4 is 17.5 Å². The quantitative estimate of drug-likeness (QED) is 0.875. The maximum Gasteiger partial charge on any atom is 0.261 e. The molecular weight excluding hydrogens is 352 g/mol. The molecule has 6 heteroatoms. The minimum atomic E-state index is -0.450. The Hall–Kier alpha value is -1.30. The van der Waals surface area contributed by atoms with Gasteiger partial charge in [0.1, 0.15) is 5.75 Å². The van der Waals surface area contributed by atoms with Crippen molar-refractivity contribution in [3.8, 4) is 5.75 Å². The third-order valence-electron chi connectivity index (χ3n) is 6.05. The van der Waals surface area contributed by atoms with E-state index in [1.807, 2.05) is 12.1 Å². The van der Waals surface area contributed by atoms with Crippen molar-refractivity contribution in [1.29, 1.82) is 0 Å². The van der Waals surface area contributed by atoms with Crippen LogP contribution in [0.2, 0.25) is 5.02 Å². The average molecular weight is 379 g/mol. The van der Waals surface area contributed by atoms with Crippen molar-refractivity contribution in [2.75, 3.05) is 32.8 Å². The van der Waals surface area contributed by atoms with Gasteiger partial charge < -0.3 is 14.8 Å². The summed E-state index contributed by atoms with van der Waals surface area (Å²) in [4.78, 5) is 15.3. The second-order valence-electron chi connectivity index (χ2n) is 7.66. The Morgan fingerprint density at radius 3 is 2.77 bits per heavy atom. The minimum absolute atomic E-state index is 0.0180. The van der Waals surface area contributed by atoms with Crippen LogP contribution in [0.25, 0.3) is 0 Å². The van der Waals surface area contributed by atoms with E-state index in [4.69, 9.17) is 21.1 Å². The van der Waals surface area contributed by atoms with Gasteiger partial charge in [-0.05, 0) is 36.6 Å². The molecule has 4 rings (SSSR count). The molecule has 1 amide bonds. The zero-order valence-electron chi connectivity index (χ0n) is 15.1. The first-order chi connectivity index (χ1) is 12.7. The maximum atomic E-state index is 12.8. The van der Waals surface area contributed by atoms with Gasteiger partial charge in [0, 0.05) is 36.6 Å². The molecule has 142 valence electrons. The number of carbonyl (C=O) groups is 1. The lowest BCUT2D eigenvalue weighted by Gasteiger charge is -2.48. The number of benzene rings is 1. The molecule has 1 aliphatic carbocycles. The number of carbonyl (C=O) groups excluding carboxylic acids is 1. The van der Waals surface area contributed by atoms with Crippen molar-refractivity contribution in [2.45, 2.75) is 50.2 Å². The molecule has 2 aliphatic heterocycles. The molecular formula is C20H27ClN2O3. The number of hydrogen-bond donors (Lipinski definition) is 1. The molecule has 0 aromatic heterocycles. The number of ether oxygens (including phenoxy) is 2. The number of halogens is 1. The average Bonchev–Trinajstić information content (AvgIpc) is 3.11. The molecule has 1 aromatic carbocycles. The Balaban J connectivity index is 1.39. The first kappa shape index (κ1) is 18.1. The minimum Gasteiger partial charge on any atom is -0.480 e. The van der Waals surface area contributed by atoms with Crippen molar-refractivity contribution < 1.29 is 14.3 Å². The fourth-order valence-electron chi connectivity index (χ4n) is 4.58. The fourth-order valence-corrected chi connectivity index (χ4v) is 4.78. The van der Waals surface area contributed by atoms with Crippen LogP contribution in [0.5, 0.6) is 5.75 Å². The number of nitrogens with zero attached hydrogens (tertiary/aromatic N) is 1. The second kappa shape index (κ2) is 7.75. The predicted octanol–water partition coefficient (Wildman–Crippen LogP) is 2.79. The van der Waals surface area contributed by atoms with E-state index < -0.39 is 6.10 Å². The van der Waals surface area contributed by atoms with Gasteiger partial charge >= 0.3 is 0 Å². The van der Waals surface area contributed by atoms with Gasteiger partial charge in [0.25, 0.3) is 5.91 Å². The number of hydrogen-bond acceptors (Lipinski definition) is 4. The smallest absolute Gasteiger partial charge is 0.261 e. The summed E-state index contributed by atoms with van der Waals surface area (Å²) in [5.41, 5.74) is 1.09. The predicted molar refractivity (Wildman–Crippen MR) is 101 cm³/mol. The Bertz CT molecular complexity index is 654. The summed E-state index contributed by atoms with van der Waals surface area (Å²) in [6.07, 6.45) is 6.19. The highest BCUT2D eigenvalue weighted by molar-refractivity contribution is 6.30. The standard InChI is InChI=1S/C20H27ClN2O3/c21-16-4-5-17-15(12-16)13-18(26-17)19(24)22-14-20(6-2-1-3-7-20)23-8-10-25-11-9-23/h4-5,12,18H,1-3,6-11,13-14H2,(H,22,24). The first-order valence-corrected chi connectivity index (χ1v) is 10.1. The highest BCUT2D eigenvalue weighted by atomic mass is 35.5. The van der Waals surface area contributed by atoms with Crippen molar-refractivity contribution in [3.05, 3.63) is 28.8 Å². The molecule has 1 unspecified atom stereocenters. The van der Waals surface area contributed by atoms with Crippen LogP contribution in [0.3, 0.4) is 0 Å². The van der Waals surface area contributed by atoms with E-state index in [0.29, 0.717) is 18.0 Å². The Morgan fingerprint density at radius 2 is 2.00 bits per heavy atom. The number of amides is 1. The van der Waals surface area contributed by atoms with Crippen LogP contribution < -0.4 is 10.1 Å². The fraction of sp³-hybridized carbons (Fsp3) is 0.650. The normalized spacial score (nSPS) is 25.3. The third-order valence-corrected chi connectivity index (χ3v) is 6.28. The molecule has 1 N–H and O–H groups in total. The lowest BCUT2D eigenvalue weighted by Crippen LogP contribution is -2.60. The summed E-state index contributed by atoms with van der Waals surface area (Å²) in [5.74, 6) is 0.755. The Kier molecular flexibility index (Phi) is 5.39. The molecule has 0 bridgehead atoms. The van der Waals surface area contributed by atoms with Gasteiger partial charge in [0.15, 0.2) is 6.10 Å². The second-order valence-corrected chi connectivity index (χ2v) is 8.10. The lowest BCUT2D eigenvalue weighted by atomic mass is 9.79. The molecule has 26 heavy (non-hydrogen) atoms. The van der Waals surface area contributed by atoms with Gasteiger partial charge in [0.2, 0.25) is 0 Å². The van der Waals surface area contributed by atoms with Crippen LogP contribution in [-0.4, -0.2) is 55.3 Å². The summed E-state index contributed by atoms with van der Waals surface area (Å²) in [7, 11) is 0. The summed E-state index contributed by atoms with van der Waals surface area (Å²) in [6.45, 7) is 4.19. The molecule has 5 nitrogen and oxygen atoms in total. The van der Waals surface area contributed by atoms with Gasteiger partial charge in [-0.25, -0.2) is 0 Å². The first-order valence-electron chi connectivity index (χ1n) is 9.72. The Morgan fingerprint density at radius 1 is 1.23 bits per heavy atom. The van der Waals surface area contributed by atoms with Gasteiger partial charge in [-0.1, -0.05) is 30.9 Å². The molecule has 1 atom stereocenters. The SMILES string of the molecule is O=C(NCC1(N2CCOCC2)CCCCC1)C1Cc2cc(Cl)ccc2O1. The van der Waals surface area contributed by atoms with E-state index in [0.717, 1.165) is 50.5 Å². The van der Waals surface area contributed by atoms with Gasteiger partial charge in [-0.2, -0.15) is 0 Å². The summed E-state index contributed by atoms with van der Waals surface area (Å²) >= 11 is 6.05. The molecule has 1 saturated heterocycles. The van der Waals surface area contributed by atoms with E-state index in [-0.39, 0.29) is 11.4 Å². The van der Waals surface area contributed by atoms with Crippen LogP contribution in [0.15, 0.2) is 18.2 Å². The molecule has 2 fully saturated rings. The monoisotopic (exact) mass is 378 g/mol. The van der Waals surface area contributed by atoms with Crippen LogP contribution in [-0.2, 0) is 16.0 Å². The van der Waals surface area contributed by atoms with E-state index in [2.05, 4.69) is 10.2 Å². The molecule has 2 heterocycles. The van der Waals surface area contributed by atoms with Crippen molar-refractivity contribution in [2.24, 2.45) is 0 Å². The summed E-state index contributed by atoms with van der Waals surface area (Å²) in [5, 5.41) is 3.88. The topological polar surface area (TPSA) is 50.8 Å². The highest BCUT2D eigenvalue weighted by Crippen LogP contribution is 2.34. The molecule has 1 aromatic rings. The summed E-state index contributed by atoms with van der Waals surface area (Å²) < 4.78 is 11.4.